The molecule has 7 heteroatoms. The van der Waals surface area contributed by atoms with Gasteiger partial charge in [0.25, 0.3) is 5.56 Å². The van der Waals surface area contributed by atoms with E-state index in [1.807, 2.05) is 30.3 Å². The number of nitrogens with one attached hydrogen (secondary N) is 1. The molecule has 1 aromatic heterocycles. The van der Waals surface area contributed by atoms with Crippen LogP contribution < -0.4 is 10.9 Å². The molecule has 2 fully saturated rings. The van der Waals surface area contributed by atoms with Crippen LogP contribution in [-0.4, -0.2) is 45.2 Å². The van der Waals surface area contributed by atoms with Gasteiger partial charge in [-0.15, -0.1) is 0 Å². The van der Waals surface area contributed by atoms with Crippen LogP contribution in [0.2, 0.25) is 0 Å². The molecule has 1 saturated carbocycles. The van der Waals surface area contributed by atoms with Crippen LogP contribution in [0.3, 0.4) is 0 Å². The molecule has 1 saturated heterocycles. The number of benzene rings is 2. The number of aromatic nitrogens is 2. The van der Waals surface area contributed by atoms with E-state index in [4.69, 9.17) is 4.98 Å². The van der Waals surface area contributed by atoms with Crippen molar-refractivity contribution < 1.29 is 4.79 Å². The fraction of sp³-hybridized carbons (Fsp3) is 0.400. The molecule has 166 valence electrons. The fourth-order valence-electron chi connectivity index (χ4n) is 4.36. The monoisotopic (exact) mass is 448 g/mol. The Kier molecular flexibility index (Phi) is 6.28. The summed E-state index contributed by atoms with van der Waals surface area (Å²) >= 11 is 1.37. The minimum absolute atomic E-state index is 0.00629. The fourth-order valence-corrected chi connectivity index (χ4v) is 5.24. The molecule has 32 heavy (non-hydrogen) atoms. The van der Waals surface area contributed by atoms with Crippen molar-refractivity contribution in [2.75, 3.05) is 18.8 Å². The zero-order valence-corrected chi connectivity index (χ0v) is 18.9. The van der Waals surface area contributed by atoms with E-state index >= 15 is 0 Å². The van der Waals surface area contributed by atoms with Gasteiger partial charge in [0.1, 0.15) is 0 Å². The summed E-state index contributed by atoms with van der Waals surface area (Å²) in [5.74, 6) is 0.295. The predicted molar refractivity (Wildman–Crippen MR) is 128 cm³/mol. The van der Waals surface area contributed by atoms with Gasteiger partial charge in [-0.3, -0.25) is 19.1 Å². The van der Waals surface area contributed by atoms with Crippen molar-refractivity contribution >= 4 is 28.6 Å². The normalized spacial score (nSPS) is 17.5. The molecule has 2 aliphatic rings. The molecule has 2 aromatic carbocycles. The highest BCUT2D eigenvalue weighted by Crippen LogP contribution is 2.36. The average molecular weight is 449 g/mol. The maximum Gasteiger partial charge on any atom is 0.262 e. The second-order valence-electron chi connectivity index (χ2n) is 8.71. The highest BCUT2D eigenvalue weighted by Gasteiger charge is 2.29. The molecule has 0 unspecified atom stereocenters. The summed E-state index contributed by atoms with van der Waals surface area (Å²) in [5.41, 5.74) is 2.03. The number of amides is 1. The molecule has 1 N–H and O–H groups in total. The second-order valence-corrected chi connectivity index (χ2v) is 9.65. The lowest BCUT2D eigenvalue weighted by Crippen LogP contribution is -2.44. The van der Waals surface area contributed by atoms with Crippen LogP contribution in [0, 0.1) is 0 Å². The van der Waals surface area contributed by atoms with Gasteiger partial charge in [0.15, 0.2) is 5.16 Å². The molecule has 3 aromatic rings. The van der Waals surface area contributed by atoms with Gasteiger partial charge in [0.05, 0.1) is 16.7 Å². The number of carbonyl (C=O) groups excluding carboxylic acids is 1. The summed E-state index contributed by atoms with van der Waals surface area (Å²) in [6, 6.07) is 18.4. The summed E-state index contributed by atoms with van der Waals surface area (Å²) in [6.07, 6.45) is 3.93. The Morgan fingerprint density at radius 2 is 1.72 bits per heavy atom. The minimum atomic E-state index is 0.00629. The Balaban J connectivity index is 1.16. The average Bonchev–Trinajstić information content (AvgIpc) is 3.65. The van der Waals surface area contributed by atoms with Gasteiger partial charge < -0.3 is 5.32 Å². The molecular formula is C25H28N4O2S. The van der Waals surface area contributed by atoms with Crippen molar-refractivity contribution in [3.05, 3.63) is 70.5 Å². The number of carbonyl (C=O) groups is 1. The van der Waals surface area contributed by atoms with E-state index in [9.17, 15) is 9.59 Å². The molecular weight excluding hydrogens is 420 g/mol. The quantitative estimate of drug-likeness (QED) is 0.442. The van der Waals surface area contributed by atoms with Crippen molar-refractivity contribution in [2.24, 2.45) is 0 Å². The molecule has 5 rings (SSSR count). The lowest BCUT2D eigenvalue weighted by Gasteiger charge is -2.32. The van der Waals surface area contributed by atoms with Crippen LogP contribution in [0.15, 0.2) is 64.5 Å². The number of nitrogens with zero attached hydrogens (tertiary/aromatic N) is 3. The van der Waals surface area contributed by atoms with E-state index in [1.165, 1.54) is 17.3 Å². The van der Waals surface area contributed by atoms with Crippen LogP contribution in [-0.2, 0) is 11.3 Å². The number of rotatable bonds is 7. The Labute approximate surface area is 192 Å². The van der Waals surface area contributed by atoms with E-state index < -0.39 is 0 Å². The lowest BCUT2D eigenvalue weighted by molar-refractivity contribution is -0.119. The van der Waals surface area contributed by atoms with Gasteiger partial charge in [-0.2, -0.15) is 0 Å². The molecule has 0 spiro atoms. The topological polar surface area (TPSA) is 67.2 Å². The van der Waals surface area contributed by atoms with Crippen LogP contribution in [0.25, 0.3) is 10.9 Å². The van der Waals surface area contributed by atoms with E-state index in [2.05, 4.69) is 34.5 Å². The second kappa shape index (κ2) is 9.46. The van der Waals surface area contributed by atoms with Crippen LogP contribution >= 0.6 is 11.8 Å². The standard InChI is InChI=1S/C25H28N4O2S/c30-23(26-19-12-14-28(15-13-19)16-18-6-2-1-3-7-18)17-32-25-27-22-9-5-4-8-21(22)24(31)29(25)20-10-11-20/h1-9,19-20H,10-17H2,(H,26,30). The summed E-state index contributed by atoms with van der Waals surface area (Å²) in [4.78, 5) is 32.7. The largest absolute Gasteiger partial charge is 0.353 e. The summed E-state index contributed by atoms with van der Waals surface area (Å²) in [5, 5.41) is 4.49. The predicted octanol–water partition coefficient (Wildman–Crippen LogP) is 3.60. The van der Waals surface area contributed by atoms with Gasteiger partial charge >= 0.3 is 0 Å². The first-order chi connectivity index (χ1) is 15.7. The van der Waals surface area contributed by atoms with E-state index in [0.29, 0.717) is 16.1 Å². The summed E-state index contributed by atoms with van der Waals surface area (Å²) < 4.78 is 1.79. The molecule has 0 atom stereocenters. The van der Waals surface area contributed by atoms with E-state index in [-0.39, 0.29) is 29.3 Å². The molecule has 0 bridgehead atoms. The molecule has 1 amide bonds. The van der Waals surface area contributed by atoms with Gasteiger partial charge in [0, 0.05) is 31.7 Å². The zero-order valence-electron chi connectivity index (χ0n) is 18.1. The molecule has 0 radical (unpaired) electrons. The van der Waals surface area contributed by atoms with Crippen LogP contribution in [0.5, 0.6) is 0 Å². The van der Waals surface area contributed by atoms with Gasteiger partial charge in [-0.1, -0.05) is 54.2 Å². The first-order valence-electron chi connectivity index (χ1n) is 11.4. The minimum Gasteiger partial charge on any atom is -0.353 e. The third-order valence-corrected chi connectivity index (χ3v) is 7.17. The van der Waals surface area contributed by atoms with Gasteiger partial charge in [-0.05, 0) is 43.4 Å². The Hall–Kier alpha value is -2.64. The number of para-hydroxylation sites is 1. The SMILES string of the molecule is O=C(CSc1nc2ccccc2c(=O)n1C1CC1)NC1CCN(Cc2ccccc2)CC1. The summed E-state index contributed by atoms with van der Waals surface area (Å²) in [6.45, 7) is 2.94. The van der Waals surface area contributed by atoms with Crippen LogP contribution in [0.1, 0.15) is 37.3 Å². The highest BCUT2D eigenvalue weighted by atomic mass is 32.2. The van der Waals surface area contributed by atoms with Crippen LogP contribution in [0.4, 0.5) is 0 Å². The molecule has 6 nitrogen and oxygen atoms in total. The number of thioether (sulfide) groups is 1. The van der Waals surface area contributed by atoms with Crippen molar-refractivity contribution in [3.8, 4) is 0 Å². The van der Waals surface area contributed by atoms with E-state index in [0.717, 1.165) is 45.3 Å². The molecule has 1 aliphatic carbocycles. The van der Waals surface area contributed by atoms with Crippen molar-refractivity contribution in [1.82, 2.24) is 19.8 Å². The lowest BCUT2D eigenvalue weighted by atomic mass is 10.0. The maximum absolute atomic E-state index is 13.0. The molecule has 2 heterocycles. The number of piperidine rings is 1. The van der Waals surface area contributed by atoms with Gasteiger partial charge in [0.2, 0.25) is 5.91 Å². The highest BCUT2D eigenvalue weighted by molar-refractivity contribution is 7.99. The van der Waals surface area contributed by atoms with Gasteiger partial charge in [-0.25, -0.2) is 4.98 Å². The first-order valence-corrected chi connectivity index (χ1v) is 12.4. The van der Waals surface area contributed by atoms with Crippen molar-refractivity contribution in [3.63, 3.8) is 0 Å². The third-order valence-electron chi connectivity index (χ3n) is 6.22. The first kappa shape index (κ1) is 21.2. The Bertz CT molecular complexity index is 1150. The number of hydrogen-bond donors (Lipinski definition) is 1. The number of fused-ring (bicyclic) bond motifs is 1. The number of hydrogen-bond acceptors (Lipinski definition) is 5. The third kappa shape index (κ3) is 4.89. The van der Waals surface area contributed by atoms with Crippen molar-refractivity contribution in [2.45, 2.75) is 49.5 Å². The summed E-state index contributed by atoms with van der Waals surface area (Å²) in [7, 11) is 0. The number of likely N-dealkylation sites (tertiary alicyclic amines) is 1. The zero-order chi connectivity index (χ0) is 21.9. The smallest absolute Gasteiger partial charge is 0.262 e. The van der Waals surface area contributed by atoms with Crippen molar-refractivity contribution in [1.29, 1.82) is 0 Å². The maximum atomic E-state index is 13.0. The van der Waals surface area contributed by atoms with E-state index in [1.54, 1.807) is 4.57 Å². The molecule has 1 aliphatic heterocycles. The Morgan fingerprint density at radius 3 is 2.47 bits per heavy atom. The Morgan fingerprint density at radius 1 is 1.00 bits per heavy atom.